The van der Waals surface area contributed by atoms with E-state index in [1.54, 1.807) is 18.9 Å². The van der Waals surface area contributed by atoms with Crippen molar-refractivity contribution >= 4 is 40.3 Å². The quantitative estimate of drug-likeness (QED) is 0.147. The Morgan fingerprint density at radius 1 is 0.850 bits per heavy atom. The van der Waals surface area contributed by atoms with Crippen molar-refractivity contribution in [1.29, 1.82) is 0 Å². The molecule has 40 heavy (non-hydrogen) atoms. The number of ether oxygens (including phenoxy) is 2. The standard InChI is InChI=1S/C33H48N2O3S.BrH/c1-3-4-5-6-7-8-9-10-11-12-13-14-22-38-32-24-29(17-20-31(32)37-2)25-33(36)34-30-18-15-28(16-19-30)26-35-21-23-39-27-35;/h15-21,23-24H,3-14,22,25-27H2,1-2H3,(H,34,36);1H. The molecule has 0 aliphatic carbocycles. The second kappa shape index (κ2) is 20.7. The first-order valence-corrected chi connectivity index (χ1v) is 15.9. The van der Waals surface area contributed by atoms with Crippen LogP contribution in [0.15, 0.2) is 54.1 Å². The Morgan fingerprint density at radius 3 is 2.08 bits per heavy atom. The molecule has 0 saturated heterocycles. The van der Waals surface area contributed by atoms with Gasteiger partial charge in [-0.25, -0.2) is 0 Å². The molecule has 1 heterocycles. The predicted molar refractivity (Wildman–Crippen MR) is 176 cm³/mol. The third-order valence-electron chi connectivity index (χ3n) is 7.08. The molecule has 0 saturated carbocycles. The number of carbonyl (C=O) groups is 1. The van der Waals surface area contributed by atoms with E-state index in [9.17, 15) is 4.79 Å². The lowest BCUT2D eigenvalue weighted by atomic mass is 10.1. The number of anilines is 1. The topological polar surface area (TPSA) is 50.8 Å². The molecule has 0 bridgehead atoms. The number of thioether (sulfide) groups is 1. The number of nitrogens with zero attached hydrogens (tertiary/aromatic N) is 1. The maximum atomic E-state index is 12.7. The van der Waals surface area contributed by atoms with Crippen LogP contribution in [0.4, 0.5) is 5.69 Å². The van der Waals surface area contributed by atoms with Crippen molar-refractivity contribution in [2.75, 3.05) is 24.9 Å². The van der Waals surface area contributed by atoms with Crippen LogP contribution in [-0.2, 0) is 17.8 Å². The van der Waals surface area contributed by atoms with Gasteiger partial charge in [0.15, 0.2) is 11.5 Å². The second-order valence-electron chi connectivity index (χ2n) is 10.5. The summed E-state index contributed by atoms with van der Waals surface area (Å²) >= 11 is 1.80. The minimum absolute atomic E-state index is 0. The lowest BCUT2D eigenvalue weighted by Gasteiger charge is -2.15. The average molecular weight is 634 g/mol. The fourth-order valence-electron chi connectivity index (χ4n) is 4.80. The Labute approximate surface area is 257 Å². The van der Waals surface area contributed by atoms with Crippen molar-refractivity contribution in [2.45, 2.75) is 96.9 Å². The lowest BCUT2D eigenvalue weighted by Crippen LogP contribution is -2.15. The zero-order valence-corrected chi connectivity index (χ0v) is 27.0. The highest BCUT2D eigenvalue weighted by molar-refractivity contribution is 8.93. The minimum Gasteiger partial charge on any atom is -0.493 e. The van der Waals surface area contributed by atoms with Crippen molar-refractivity contribution < 1.29 is 14.3 Å². The number of halogens is 1. The van der Waals surface area contributed by atoms with Crippen LogP contribution in [-0.4, -0.2) is 30.4 Å². The van der Waals surface area contributed by atoms with Gasteiger partial charge in [0, 0.05) is 18.4 Å². The van der Waals surface area contributed by atoms with Gasteiger partial charge in [0.05, 0.1) is 26.0 Å². The van der Waals surface area contributed by atoms with Gasteiger partial charge in [-0.05, 0) is 47.2 Å². The number of rotatable bonds is 20. The maximum absolute atomic E-state index is 12.7. The number of benzene rings is 2. The van der Waals surface area contributed by atoms with Gasteiger partial charge in [-0.2, -0.15) is 0 Å². The van der Waals surface area contributed by atoms with Gasteiger partial charge in [0.25, 0.3) is 0 Å². The third kappa shape index (κ3) is 13.5. The Bertz CT molecular complexity index is 1000. The molecule has 0 spiro atoms. The number of methoxy groups -OCH3 is 1. The number of hydrogen-bond acceptors (Lipinski definition) is 5. The van der Waals surface area contributed by atoms with E-state index in [4.69, 9.17) is 9.47 Å². The van der Waals surface area contributed by atoms with E-state index in [1.165, 1.54) is 76.2 Å². The molecule has 1 amide bonds. The Kier molecular flexibility index (Phi) is 17.6. The molecule has 7 heteroatoms. The fraction of sp³-hybridized carbons (Fsp3) is 0.545. The van der Waals surface area contributed by atoms with Crippen LogP contribution in [0, 0.1) is 0 Å². The smallest absolute Gasteiger partial charge is 0.228 e. The van der Waals surface area contributed by atoms with Crippen LogP contribution in [0.2, 0.25) is 0 Å². The van der Waals surface area contributed by atoms with Gasteiger partial charge in [-0.1, -0.05) is 95.8 Å². The zero-order chi connectivity index (χ0) is 27.5. The summed E-state index contributed by atoms with van der Waals surface area (Å²) in [7, 11) is 1.65. The molecule has 1 aliphatic heterocycles. The highest BCUT2D eigenvalue weighted by Gasteiger charge is 2.11. The van der Waals surface area contributed by atoms with Crippen molar-refractivity contribution in [2.24, 2.45) is 0 Å². The van der Waals surface area contributed by atoms with E-state index in [0.717, 1.165) is 30.1 Å². The zero-order valence-electron chi connectivity index (χ0n) is 24.5. The van der Waals surface area contributed by atoms with Crippen LogP contribution in [0.5, 0.6) is 11.5 Å². The summed E-state index contributed by atoms with van der Waals surface area (Å²) in [5.74, 6) is 2.37. The monoisotopic (exact) mass is 632 g/mol. The van der Waals surface area contributed by atoms with Crippen molar-refractivity contribution in [1.82, 2.24) is 4.90 Å². The summed E-state index contributed by atoms with van der Waals surface area (Å²) in [6.07, 6.45) is 18.3. The van der Waals surface area contributed by atoms with Gasteiger partial charge >= 0.3 is 0 Å². The summed E-state index contributed by atoms with van der Waals surface area (Å²) in [5.41, 5.74) is 2.95. The van der Waals surface area contributed by atoms with Crippen LogP contribution in [0.3, 0.4) is 0 Å². The highest BCUT2D eigenvalue weighted by atomic mass is 79.9. The SMILES string of the molecule is Br.CCCCCCCCCCCCCCOc1cc(CC(=O)Nc2ccc(CN3C=CSC3)cc2)ccc1OC. The molecule has 222 valence electrons. The minimum atomic E-state index is -0.0429. The maximum Gasteiger partial charge on any atom is 0.228 e. The predicted octanol–water partition coefficient (Wildman–Crippen LogP) is 9.51. The van der Waals surface area contributed by atoms with Crippen molar-refractivity contribution in [3.05, 3.63) is 65.2 Å². The number of amides is 1. The first-order valence-electron chi connectivity index (χ1n) is 14.9. The summed E-state index contributed by atoms with van der Waals surface area (Å²) in [6, 6.07) is 13.8. The first-order chi connectivity index (χ1) is 19.2. The third-order valence-corrected chi connectivity index (χ3v) is 7.87. The van der Waals surface area contributed by atoms with E-state index >= 15 is 0 Å². The van der Waals surface area contributed by atoms with E-state index < -0.39 is 0 Å². The van der Waals surface area contributed by atoms with E-state index in [2.05, 4.69) is 40.9 Å². The molecule has 3 rings (SSSR count). The van der Waals surface area contributed by atoms with Gasteiger partial charge in [-0.3, -0.25) is 4.79 Å². The largest absolute Gasteiger partial charge is 0.493 e. The van der Waals surface area contributed by atoms with Crippen LogP contribution >= 0.6 is 28.7 Å². The van der Waals surface area contributed by atoms with Gasteiger partial charge < -0.3 is 19.7 Å². The molecule has 0 radical (unpaired) electrons. The van der Waals surface area contributed by atoms with Crippen LogP contribution < -0.4 is 14.8 Å². The van der Waals surface area contributed by atoms with Crippen molar-refractivity contribution in [3.63, 3.8) is 0 Å². The van der Waals surface area contributed by atoms with Gasteiger partial charge in [-0.15, -0.1) is 28.7 Å². The molecular weight excluding hydrogens is 584 g/mol. The molecule has 0 unspecified atom stereocenters. The van der Waals surface area contributed by atoms with E-state index in [0.29, 0.717) is 18.1 Å². The molecule has 5 nitrogen and oxygen atoms in total. The number of carbonyl (C=O) groups excluding carboxylic acids is 1. The first kappa shape index (κ1) is 34.1. The van der Waals surface area contributed by atoms with Crippen molar-refractivity contribution in [3.8, 4) is 11.5 Å². The van der Waals surface area contributed by atoms with E-state index in [-0.39, 0.29) is 29.3 Å². The van der Waals surface area contributed by atoms with Gasteiger partial charge in [0.1, 0.15) is 0 Å². The Balaban J connectivity index is 0.00000560. The van der Waals surface area contributed by atoms with Gasteiger partial charge in [0.2, 0.25) is 5.91 Å². The van der Waals surface area contributed by atoms with E-state index in [1.807, 2.05) is 30.3 Å². The second-order valence-corrected chi connectivity index (χ2v) is 11.3. The summed E-state index contributed by atoms with van der Waals surface area (Å²) in [4.78, 5) is 15.0. The lowest BCUT2D eigenvalue weighted by molar-refractivity contribution is -0.115. The van der Waals surface area contributed by atoms with Crippen LogP contribution in [0.25, 0.3) is 0 Å². The number of nitrogens with one attached hydrogen (secondary N) is 1. The molecule has 1 N–H and O–H groups in total. The Morgan fingerprint density at radius 2 is 1.48 bits per heavy atom. The molecular formula is C33H49BrN2O3S. The summed E-state index contributed by atoms with van der Waals surface area (Å²) in [5, 5.41) is 5.13. The van der Waals surface area contributed by atoms with Crippen LogP contribution in [0.1, 0.15) is 95.1 Å². The number of unbranched alkanes of at least 4 members (excludes halogenated alkanes) is 11. The average Bonchev–Trinajstić information content (AvgIpc) is 3.45. The number of hydrogen-bond donors (Lipinski definition) is 1. The summed E-state index contributed by atoms with van der Waals surface area (Å²) < 4.78 is 11.6. The molecule has 0 atom stereocenters. The molecule has 2 aromatic carbocycles. The summed E-state index contributed by atoms with van der Waals surface area (Å²) in [6.45, 7) is 3.82. The molecule has 2 aromatic rings. The molecule has 1 aliphatic rings. The normalized spacial score (nSPS) is 12.3. The molecule has 0 fully saturated rings. The Hall–Kier alpha value is -2.12. The fourth-order valence-corrected chi connectivity index (χ4v) is 5.51. The highest BCUT2D eigenvalue weighted by Crippen LogP contribution is 2.29. The molecule has 0 aromatic heterocycles.